The van der Waals surface area contributed by atoms with Crippen LogP contribution < -0.4 is 5.32 Å². The normalized spacial score (nSPS) is 21.2. The van der Waals surface area contributed by atoms with Gasteiger partial charge in [0, 0.05) is 24.6 Å². The number of nitrogens with zero attached hydrogens (tertiary/aromatic N) is 2. The number of ketones is 1. The second-order valence-corrected chi connectivity index (χ2v) is 11.1. The summed E-state index contributed by atoms with van der Waals surface area (Å²) in [5.41, 5.74) is 0.433. The van der Waals surface area contributed by atoms with Crippen LogP contribution in [0.25, 0.3) is 11.3 Å². The molecule has 1 aliphatic carbocycles. The summed E-state index contributed by atoms with van der Waals surface area (Å²) in [5, 5.41) is 12.5. The molecule has 2 aromatic rings. The lowest BCUT2D eigenvalue weighted by molar-refractivity contribution is -0.126. The number of nitrogens with one attached hydrogen (secondary N) is 1. The zero-order chi connectivity index (χ0) is 27.6. The highest BCUT2D eigenvalue weighted by Gasteiger charge is 2.52. The van der Waals surface area contributed by atoms with Crippen LogP contribution >= 0.6 is 0 Å². The van der Waals surface area contributed by atoms with Gasteiger partial charge in [-0.1, -0.05) is 12.1 Å². The van der Waals surface area contributed by atoms with Crippen LogP contribution in [0.1, 0.15) is 69.3 Å². The Balaban J connectivity index is 1.44. The van der Waals surface area contributed by atoms with Gasteiger partial charge in [-0.3, -0.25) is 14.5 Å². The number of carbonyl (C=O) groups excluding carboxylic acids is 3. The van der Waals surface area contributed by atoms with Crippen molar-refractivity contribution in [2.24, 2.45) is 11.8 Å². The van der Waals surface area contributed by atoms with Crippen LogP contribution in [-0.4, -0.2) is 46.9 Å². The van der Waals surface area contributed by atoms with Gasteiger partial charge in [0.15, 0.2) is 5.78 Å². The molecule has 1 aromatic carbocycles. The molecule has 2 heterocycles. The molecular weight excluding hydrogens is 489 g/mol. The van der Waals surface area contributed by atoms with Gasteiger partial charge in [0.2, 0.25) is 0 Å². The number of ether oxygens (including phenoxy) is 1. The van der Waals surface area contributed by atoms with Crippen molar-refractivity contribution < 1.29 is 27.9 Å². The molecule has 9 heteroatoms. The van der Waals surface area contributed by atoms with E-state index in [0.717, 1.165) is 19.3 Å². The average Bonchev–Trinajstić information content (AvgIpc) is 3.60. The Bertz CT molecular complexity index is 1260. The van der Waals surface area contributed by atoms with E-state index in [-0.39, 0.29) is 36.5 Å². The van der Waals surface area contributed by atoms with E-state index < -0.39 is 29.5 Å². The molecule has 1 aromatic heterocycles. The van der Waals surface area contributed by atoms with Gasteiger partial charge in [-0.25, -0.2) is 9.18 Å². The molecule has 202 valence electrons. The highest BCUT2D eigenvalue weighted by molar-refractivity contribution is 5.94. The van der Waals surface area contributed by atoms with Gasteiger partial charge in [-0.05, 0) is 77.0 Å². The largest absolute Gasteiger partial charge is 0.464 e. The Labute approximate surface area is 222 Å². The van der Waals surface area contributed by atoms with Crippen molar-refractivity contribution >= 4 is 17.8 Å². The number of Topliss-reactive ketones (excluding diaryl/α,β-unsaturated/α-hetero) is 1. The van der Waals surface area contributed by atoms with E-state index >= 15 is 4.39 Å². The third kappa shape index (κ3) is 5.90. The maximum Gasteiger partial charge on any atom is 0.411 e. The van der Waals surface area contributed by atoms with Crippen molar-refractivity contribution in [3.8, 4) is 17.4 Å². The molecule has 2 aliphatic rings. The number of furan rings is 1. The van der Waals surface area contributed by atoms with Gasteiger partial charge < -0.3 is 14.5 Å². The van der Waals surface area contributed by atoms with Crippen LogP contribution in [0, 0.1) is 29.0 Å². The molecule has 2 fully saturated rings. The Morgan fingerprint density at radius 3 is 2.68 bits per heavy atom. The summed E-state index contributed by atoms with van der Waals surface area (Å²) >= 11 is 0. The van der Waals surface area contributed by atoms with Crippen LogP contribution in [-0.2, 0) is 16.0 Å². The fourth-order valence-electron chi connectivity index (χ4n) is 5.51. The number of hydrogen-bond donors (Lipinski definition) is 1. The van der Waals surface area contributed by atoms with Crippen molar-refractivity contribution in [2.45, 2.75) is 77.5 Å². The number of carbonyl (C=O) groups is 3. The Kier molecular flexibility index (Phi) is 7.91. The molecule has 0 radical (unpaired) electrons. The highest BCUT2D eigenvalue weighted by atomic mass is 19.1. The fourth-order valence-corrected chi connectivity index (χ4v) is 5.51. The molecular formula is C29H34FN3O5. The van der Waals surface area contributed by atoms with Gasteiger partial charge in [-0.2, -0.15) is 5.26 Å². The zero-order valence-corrected chi connectivity index (χ0v) is 22.3. The van der Waals surface area contributed by atoms with Crippen molar-refractivity contribution in [2.75, 3.05) is 6.54 Å². The number of fused-ring (bicyclic) bond motifs is 2. The topological polar surface area (TPSA) is 113 Å². The first-order chi connectivity index (χ1) is 18.0. The summed E-state index contributed by atoms with van der Waals surface area (Å²) in [6, 6.07) is 7.59. The van der Waals surface area contributed by atoms with Gasteiger partial charge in [0.1, 0.15) is 23.4 Å². The van der Waals surface area contributed by atoms with Crippen LogP contribution in [0.15, 0.2) is 34.9 Å². The molecule has 2 amide bonds. The second-order valence-electron chi connectivity index (χ2n) is 11.1. The molecule has 38 heavy (non-hydrogen) atoms. The third-order valence-corrected chi connectivity index (χ3v) is 7.15. The first-order valence-corrected chi connectivity index (χ1v) is 13.1. The fraction of sp³-hybridized carbons (Fsp3) is 0.517. The van der Waals surface area contributed by atoms with E-state index in [2.05, 4.69) is 11.4 Å². The number of benzene rings is 1. The van der Waals surface area contributed by atoms with Crippen LogP contribution in [0.4, 0.5) is 9.18 Å². The molecule has 1 N–H and O–H groups in total. The Hall–Kier alpha value is -3.67. The molecule has 8 nitrogen and oxygen atoms in total. The molecule has 1 aliphatic heterocycles. The summed E-state index contributed by atoms with van der Waals surface area (Å²) in [4.78, 5) is 39.8. The third-order valence-electron chi connectivity index (χ3n) is 7.15. The van der Waals surface area contributed by atoms with Crippen molar-refractivity contribution in [3.63, 3.8) is 0 Å². The lowest BCUT2D eigenvalue weighted by atomic mass is 9.87. The van der Waals surface area contributed by atoms with E-state index in [9.17, 15) is 19.6 Å². The van der Waals surface area contributed by atoms with Crippen molar-refractivity contribution in [1.29, 1.82) is 5.26 Å². The van der Waals surface area contributed by atoms with Gasteiger partial charge in [0.25, 0.3) is 5.91 Å². The molecule has 0 unspecified atom stereocenters. The predicted octanol–water partition coefficient (Wildman–Crippen LogP) is 5.26. The van der Waals surface area contributed by atoms with Crippen LogP contribution in [0.5, 0.6) is 0 Å². The van der Waals surface area contributed by atoms with E-state index in [1.807, 2.05) is 6.92 Å². The average molecular weight is 524 g/mol. The van der Waals surface area contributed by atoms with E-state index in [4.69, 9.17) is 9.15 Å². The highest BCUT2D eigenvalue weighted by Crippen LogP contribution is 2.44. The smallest absolute Gasteiger partial charge is 0.411 e. The molecule has 1 saturated carbocycles. The summed E-state index contributed by atoms with van der Waals surface area (Å²) in [5.74, 6) is -1.31. The first kappa shape index (κ1) is 27.4. The number of rotatable bonds is 8. The maximum absolute atomic E-state index is 15.0. The predicted molar refractivity (Wildman–Crippen MR) is 138 cm³/mol. The Morgan fingerprint density at radius 2 is 2.03 bits per heavy atom. The first-order valence-electron chi connectivity index (χ1n) is 13.1. The van der Waals surface area contributed by atoms with Gasteiger partial charge in [0.05, 0.1) is 23.6 Å². The quantitative estimate of drug-likeness (QED) is 0.505. The standard InChI is InChI=1S/C29H34FN3O5/c1-5-32-27(35)21-14-25(37-16-21)19-7-6-18(23(30)13-19)10-17(15-31)11-24(34)26-20-8-9-22(12-20)33(26)28(36)38-29(2,3)4/h6-7,13-14,16-17,20,22,26H,5,8-12H2,1-4H3,(H,32,35)/t17-,20+,22-,26+/m1/s1. The summed E-state index contributed by atoms with van der Waals surface area (Å²) < 4.78 is 26.0. The molecule has 4 rings (SSSR count). The van der Waals surface area contributed by atoms with Gasteiger partial charge >= 0.3 is 6.09 Å². The number of piperidine rings is 1. The molecule has 0 spiro atoms. The summed E-state index contributed by atoms with van der Waals surface area (Å²) in [7, 11) is 0. The lowest BCUT2D eigenvalue weighted by Crippen LogP contribution is -2.51. The second kappa shape index (κ2) is 11.0. The van der Waals surface area contributed by atoms with Crippen molar-refractivity contribution in [3.05, 3.63) is 47.5 Å². The molecule has 1 saturated heterocycles. The minimum absolute atomic E-state index is 0.0236. The monoisotopic (exact) mass is 523 g/mol. The maximum atomic E-state index is 15.0. The zero-order valence-electron chi connectivity index (χ0n) is 22.3. The number of amides is 2. The molecule has 2 bridgehead atoms. The molecule has 4 atom stereocenters. The minimum Gasteiger partial charge on any atom is -0.464 e. The van der Waals surface area contributed by atoms with Crippen molar-refractivity contribution in [1.82, 2.24) is 10.2 Å². The van der Waals surface area contributed by atoms with Crippen LogP contribution in [0.3, 0.4) is 0 Å². The minimum atomic E-state index is -0.740. The number of hydrogen-bond acceptors (Lipinski definition) is 6. The van der Waals surface area contributed by atoms with E-state index in [1.54, 1.807) is 43.9 Å². The van der Waals surface area contributed by atoms with Gasteiger partial charge in [-0.15, -0.1) is 0 Å². The van der Waals surface area contributed by atoms with Crippen LogP contribution in [0.2, 0.25) is 0 Å². The Morgan fingerprint density at radius 1 is 1.26 bits per heavy atom. The summed E-state index contributed by atoms with van der Waals surface area (Å²) in [6.45, 7) is 7.65. The number of halogens is 1. The summed E-state index contributed by atoms with van der Waals surface area (Å²) in [6.07, 6.45) is 3.28. The SMILES string of the molecule is CCNC(=O)c1coc(-c2ccc(C[C@@H](C#N)CC(=O)[C@@H]3[C@H]4CC[C@H](C4)N3C(=O)OC(C)(C)C)c(F)c2)c1. The number of nitriles is 1. The number of likely N-dealkylation sites (tertiary alicyclic amines) is 1. The van der Waals surface area contributed by atoms with E-state index in [1.165, 1.54) is 12.3 Å². The van der Waals surface area contributed by atoms with E-state index in [0.29, 0.717) is 29.0 Å². The lowest BCUT2D eigenvalue weighted by Gasteiger charge is -2.35.